The fourth-order valence-corrected chi connectivity index (χ4v) is 3.23. The van der Waals surface area contributed by atoms with Crippen LogP contribution in [0.1, 0.15) is 24.0 Å². The molecule has 6 nitrogen and oxygen atoms in total. The largest absolute Gasteiger partial charge is 0.416 e. The maximum atomic E-state index is 12.9. The number of anilines is 1. The molecule has 1 atom stereocenters. The molecule has 0 aliphatic carbocycles. The summed E-state index contributed by atoms with van der Waals surface area (Å²) in [7, 11) is 0. The van der Waals surface area contributed by atoms with Crippen LogP contribution in [-0.4, -0.2) is 29.4 Å². The SMILES string of the molecule is NCCCC(=O)NC(Cc1c[nH]c2ccccc12)C(=O)Nc1ccc(C(F)(F)F)cc1. The van der Waals surface area contributed by atoms with Crippen LogP contribution in [0.3, 0.4) is 0 Å². The number of aromatic nitrogens is 1. The Morgan fingerprint density at radius 2 is 1.77 bits per heavy atom. The van der Waals surface area contributed by atoms with Crippen LogP contribution in [0.5, 0.6) is 0 Å². The van der Waals surface area contributed by atoms with E-state index >= 15 is 0 Å². The van der Waals surface area contributed by atoms with Gasteiger partial charge in [-0.25, -0.2) is 0 Å². The monoisotopic (exact) mass is 432 g/mol. The molecular weight excluding hydrogens is 409 g/mol. The number of nitrogens with two attached hydrogens (primary N) is 1. The van der Waals surface area contributed by atoms with E-state index in [0.29, 0.717) is 13.0 Å². The fraction of sp³-hybridized carbons (Fsp3) is 0.273. The normalized spacial score (nSPS) is 12.5. The molecule has 0 saturated heterocycles. The average molecular weight is 432 g/mol. The Kier molecular flexibility index (Phi) is 6.96. The quantitative estimate of drug-likeness (QED) is 0.438. The van der Waals surface area contributed by atoms with E-state index in [0.717, 1.165) is 28.6 Å². The second-order valence-electron chi connectivity index (χ2n) is 7.14. The second-order valence-corrected chi connectivity index (χ2v) is 7.14. The van der Waals surface area contributed by atoms with Crippen molar-refractivity contribution in [3.8, 4) is 0 Å². The van der Waals surface area contributed by atoms with Gasteiger partial charge in [-0.1, -0.05) is 18.2 Å². The van der Waals surface area contributed by atoms with Crippen molar-refractivity contribution >= 4 is 28.4 Å². The zero-order valence-corrected chi connectivity index (χ0v) is 16.6. The van der Waals surface area contributed by atoms with Crippen molar-refractivity contribution in [1.82, 2.24) is 10.3 Å². The number of hydrogen-bond donors (Lipinski definition) is 4. The van der Waals surface area contributed by atoms with Gasteiger partial charge in [-0.05, 0) is 48.9 Å². The van der Waals surface area contributed by atoms with Gasteiger partial charge in [0.1, 0.15) is 6.04 Å². The first-order chi connectivity index (χ1) is 14.8. The molecule has 9 heteroatoms. The van der Waals surface area contributed by atoms with E-state index in [9.17, 15) is 22.8 Å². The zero-order valence-electron chi connectivity index (χ0n) is 16.6. The minimum Gasteiger partial charge on any atom is -0.361 e. The van der Waals surface area contributed by atoms with Crippen LogP contribution < -0.4 is 16.4 Å². The van der Waals surface area contributed by atoms with Crippen LogP contribution in [0.2, 0.25) is 0 Å². The Balaban J connectivity index is 1.77. The second kappa shape index (κ2) is 9.65. The molecule has 2 amide bonds. The molecule has 1 aromatic heterocycles. The molecule has 0 aliphatic heterocycles. The third kappa shape index (κ3) is 5.85. The van der Waals surface area contributed by atoms with E-state index < -0.39 is 23.7 Å². The Labute approximate surface area is 177 Å². The Bertz CT molecular complexity index is 1040. The van der Waals surface area contributed by atoms with Crippen molar-refractivity contribution in [2.45, 2.75) is 31.5 Å². The number of hydrogen-bond acceptors (Lipinski definition) is 3. The van der Waals surface area contributed by atoms with Crippen molar-refractivity contribution in [2.75, 3.05) is 11.9 Å². The van der Waals surface area contributed by atoms with Crippen molar-refractivity contribution in [3.05, 3.63) is 65.9 Å². The van der Waals surface area contributed by atoms with Gasteiger partial charge in [0.2, 0.25) is 11.8 Å². The van der Waals surface area contributed by atoms with Gasteiger partial charge >= 0.3 is 6.18 Å². The Hall–Kier alpha value is -3.33. The van der Waals surface area contributed by atoms with E-state index in [1.165, 1.54) is 12.1 Å². The number of amides is 2. The molecule has 0 fully saturated rings. The van der Waals surface area contributed by atoms with Gasteiger partial charge in [-0.3, -0.25) is 9.59 Å². The summed E-state index contributed by atoms with van der Waals surface area (Å²) in [4.78, 5) is 28.2. The summed E-state index contributed by atoms with van der Waals surface area (Å²) in [6, 6.07) is 10.8. The van der Waals surface area contributed by atoms with Gasteiger partial charge in [0.05, 0.1) is 5.56 Å². The number of aromatic amines is 1. The lowest BCUT2D eigenvalue weighted by Gasteiger charge is -2.19. The van der Waals surface area contributed by atoms with Crippen molar-refractivity contribution in [1.29, 1.82) is 0 Å². The highest BCUT2D eigenvalue weighted by Gasteiger charge is 2.30. The lowest BCUT2D eigenvalue weighted by Crippen LogP contribution is -2.45. The predicted octanol–water partition coefficient (Wildman–Crippen LogP) is 3.59. The molecule has 0 bridgehead atoms. The lowest BCUT2D eigenvalue weighted by molar-refractivity contribution is -0.137. The third-order valence-electron chi connectivity index (χ3n) is 4.84. The molecule has 5 N–H and O–H groups in total. The summed E-state index contributed by atoms with van der Waals surface area (Å²) < 4.78 is 38.2. The van der Waals surface area contributed by atoms with Crippen LogP contribution in [0.15, 0.2) is 54.7 Å². The topological polar surface area (TPSA) is 100 Å². The molecule has 2 aromatic carbocycles. The van der Waals surface area contributed by atoms with Crippen molar-refractivity contribution in [3.63, 3.8) is 0 Å². The minimum atomic E-state index is -4.46. The number of para-hydroxylation sites is 1. The molecule has 164 valence electrons. The summed E-state index contributed by atoms with van der Waals surface area (Å²) in [5, 5.41) is 6.22. The number of halogens is 3. The predicted molar refractivity (Wildman–Crippen MR) is 112 cm³/mol. The summed E-state index contributed by atoms with van der Waals surface area (Å²) in [5.74, 6) is -0.844. The number of carbonyl (C=O) groups excluding carboxylic acids is 2. The van der Waals surface area contributed by atoms with Gasteiger partial charge in [-0.2, -0.15) is 13.2 Å². The van der Waals surface area contributed by atoms with Gasteiger partial charge in [-0.15, -0.1) is 0 Å². The van der Waals surface area contributed by atoms with Crippen LogP contribution in [0, 0.1) is 0 Å². The van der Waals surface area contributed by atoms with Gasteiger partial charge in [0, 0.05) is 35.6 Å². The molecule has 1 heterocycles. The minimum absolute atomic E-state index is 0.175. The Morgan fingerprint density at radius 1 is 1.06 bits per heavy atom. The molecule has 0 aliphatic rings. The molecule has 0 radical (unpaired) electrons. The first-order valence-electron chi connectivity index (χ1n) is 9.80. The maximum absolute atomic E-state index is 12.9. The number of benzene rings is 2. The van der Waals surface area contributed by atoms with Crippen LogP contribution in [-0.2, 0) is 22.2 Å². The number of alkyl halides is 3. The summed E-state index contributed by atoms with van der Waals surface area (Å²) in [6.45, 7) is 0.346. The number of carbonyl (C=O) groups is 2. The first-order valence-corrected chi connectivity index (χ1v) is 9.80. The average Bonchev–Trinajstić information content (AvgIpc) is 3.14. The summed E-state index contributed by atoms with van der Waals surface area (Å²) in [5.41, 5.74) is 6.57. The van der Waals surface area contributed by atoms with Gasteiger partial charge in [0.15, 0.2) is 0 Å². The number of fused-ring (bicyclic) bond motifs is 1. The van der Waals surface area contributed by atoms with Crippen LogP contribution in [0.25, 0.3) is 10.9 Å². The van der Waals surface area contributed by atoms with E-state index in [-0.39, 0.29) is 24.4 Å². The smallest absolute Gasteiger partial charge is 0.361 e. The molecule has 1 unspecified atom stereocenters. The Morgan fingerprint density at radius 3 is 2.45 bits per heavy atom. The van der Waals surface area contributed by atoms with Crippen LogP contribution in [0.4, 0.5) is 18.9 Å². The highest BCUT2D eigenvalue weighted by atomic mass is 19.4. The van der Waals surface area contributed by atoms with E-state index in [4.69, 9.17) is 5.73 Å². The van der Waals surface area contributed by atoms with Gasteiger partial charge < -0.3 is 21.4 Å². The molecular formula is C22H23F3N4O2. The number of nitrogens with one attached hydrogen (secondary N) is 3. The van der Waals surface area contributed by atoms with E-state index in [1.807, 2.05) is 24.3 Å². The van der Waals surface area contributed by atoms with Crippen LogP contribution >= 0.6 is 0 Å². The highest BCUT2D eigenvalue weighted by Crippen LogP contribution is 2.30. The molecule has 31 heavy (non-hydrogen) atoms. The summed E-state index contributed by atoms with van der Waals surface area (Å²) >= 11 is 0. The zero-order chi connectivity index (χ0) is 22.4. The molecule has 0 saturated carbocycles. The summed E-state index contributed by atoms with van der Waals surface area (Å²) in [6.07, 6.45) is -1.82. The lowest BCUT2D eigenvalue weighted by atomic mass is 10.0. The molecule has 3 rings (SSSR count). The highest BCUT2D eigenvalue weighted by molar-refractivity contribution is 5.98. The first kappa shape index (κ1) is 22.4. The van der Waals surface area contributed by atoms with Gasteiger partial charge in [0.25, 0.3) is 0 Å². The standard InChI is InChI=1S/C22H23F3N4O2/c23-22(24,25)15-7-9-16(10-8-15)28-21(31)19(29-20(30)6-3-11-26)12-14-13-27-18-5-2-1-4-17(14)18/h1-2,4-5,7-10,13,19,27H,3,6,11-12,26H2,(H,28,31)(H,29,30). The maximum Gasteiger partial charge on any atom is 0.416 e. The van der Waals surface area contributed by atoms with Crippen molar-refractivity contribution in [2.24, 2.45) is 5.73 Å². The molecule has 3 aromatic rings. The fourth-order valence-electron chi connectivity index (χ4n) is 3.23. The number of rotatable bonds is 8. The van der Waals surface area contributed by atoms with E-state index in [1.54, 1.807) is 6.20 Å². The number of H-pyrrole nitrogens is 1. The molecule has 0 spiro atoms. The van der Waals surface area contributed by atoms with Crippen molar-refractivity contribution < 1.29 is 22.8 Å². The third-order valence-corrected chi connectivity index (χ3v) is 4.84. The van der Waals surface area contributed by atoms with E-state index in [2.05, 4.69) is 15.6 Å².